The Labute approximate surface area is 173 Å². The molecular formula is C22H22N6O2. The van der Waals surface area contributed by atoms with Crippen molar-refractivity contribution in [1.82, 2.24) is 24.4 Å². The van der Waals surface area contributed by atoms with Gasteiger partial charge in [0.05, 0.1) is 36.6 Å². The van der Waals surface area contributed by atoms with Crippen molar-refractivity contribution in [2.45, 2.75) is 26.0 Å². The number of hydrogen-bond acceptors (Lipinski definition) is 5. The number of rotatable bonds is 5. The van der Waals surface area contributed by atoms with Crippen LogP contribution in [-0.2, 0) is 16.1 Å². The van der Waals surface area contributed by atoms with Crippen LogP contribution < -0.4 is 5.32 Å². The van der Waals surface area contributed by atoms with Crippen LogP contribution in [0.4, 0.5) is 5.69 Å². The lowest BCUT2D eigenvalue weighted by Crippen LogP contribution is -2.25. The molecule has 1 aliphatic rings. The van der Waals surface area contributed by atoms with Crippen LogP contribution in [0, 0.1) is 12.8 Å². The predicted molar refractivity (Wildman–Crippen MR) is 111 cm³/mol. The molecule has 3 aromatic heterocycles. The number of aryl methyl sites for hydroxylation is 1. The molecule has 1 aliphatic heterocycles. The summed E-state index contributed by atoms with van der Waals surface area (Å²) in [7, 11) is 0. The lowest BCUT2D eigenvalue weighted by molar-refractivity contribution is -0.121. The smallest absolute Gasteiger partial charge is 0.230 e. The number of ether oxygens (including phenoxy) is 1. The van der Waals surface area contributed by atoms with Crippen LogP contribution in [0.3, 0.4) is 0 Å². The Morgan fingerprint density at radius 3 is 2.93 bits per heavy atom. The van der Waals surface area contributed by atoms with Gasteiger partial charge in [0, 0.05) is 18.4 Å². The summed E-state index contributed by atoms with van der Waals surface area (Å²) in [6, 6.07) is 13.8. The van der Waals surface area contributed by atoms with Gasteiger partial charge in [-0.3, -0.25) is 9.48 Å². The van der Waals surface area contributed by atoms with Crippen molar-refractivity contribution in [3.63, 3.8) is 0 Å². The van der Waals surface area contributed by atoms with Crippen molar-refractivity contribution in [3.8, 4) is 0 Å². The number of carbonyl (C=O) groups is 1. The molecule has 152 valence electrons. The van der Waals surface area contributed by atoms with Crippen LogP contribution in [-0.4, -0.2) is 36.9 Å². The van der Waals surface area contributed by atoms with Crippen LogP contribution in [0.25, 0.3) is 5.65 Å². The second-order valence-electron chi connectivity index (χ2n) is 7.51. The van der Waals surface area contributed by atoms with Crippen LogP contribution in [0.1, 0.15) is 29.5 Å². The molecule has 30 heavy (non-hydrogen) atoms. The zero-order valence-corrected chi connectivity index (χ0v) is 16.6. The fourth-order valence-corrected chi connectivity index (χ4v) is 3.87. The Morgan fingerprint density at radius 1 is 1.20 bits per heavy atom. The molecule has 8 heteroatoms. The number of amides is 1. The van der Waals surface area contributed by atoms with Gasteiger partial charge in [-0.05, 0) is 31.0 Å². The summed E-state index contributed by atoms with van der Waals surface area (Å²) in [6.45, 7) is 3.07. The maximum absolute atomic E-state index is 13.0. The zero-order valence-electron chi connectivity index (χ0n) is 16.6. The number of aromatic nitrogens is 5. The highest BCUT2D eigenvalue weighted by Gasteiger charge is 2.36. The summed E-state index contributed by atoms with van der Waals surface area (Å²) in [5, 5.41) is 11.8. The minimum Gasteiger partial charge on any atom is -0.373 e. The van der Waals surface area contributed by atoms with E-state index in [-0.39, 0.29) is 17.9 Å². The summed E-state index contributed by atoms with van der Waals surface area (Å²) in [5.41, 5.74) is 3.53. The van der Waals surface area contributed by atoms with Crippen molar-refractivity contribution < 1.29 is 9.53 Å². The highest BCUT2D eigenvalue weighted by molar-refractivity contribution is 5.93. The number of hydrogen-bond donors (Lipinski definition) is 1. The average molecular weight is 402 g/mol. The fourth-order valence-electron chi connectivity index (χ4n) is 3.87. The standard InChI is InChI=1S/C22H22N6O2/c1-15-24-20-8-7-18(14-28(20)26-15)25-22(29)19-9-10-30-21(19)17-11-23-27(13-17)12-16-5-3-2-4-6-16/h2-8,11,13-14,19,21H,9-10,12H2,1H3,(H,25,29)/t19-,21+/m0/s1. The van der Waals surface area contributed by atoms with Gasteiger partial charge >= 0.3 is 0 Å². The van der Waals surface area contributed by atoms with Gasteiger partial charge in [0.1, 0.15) is 5.82 Å². The van der Waals surface area contributed by atoms with Crippen LogP contribution in [0.2, 0.25) is 0 Å². The number of nitrogens with zero attached hydrogens (tertiary/aromatic N) is 5. The van der Waals surface area contributed by atoms with Gasteiger partial charge in [-0.25, -0.2) is 9.50 Å². The Bertz CT molecular complexity index is 1180. The first-order valence-corrected chi connectivity index (χ1v) is 9.97. The molecule has 0 bridgehead atoms. The molecule has 0 saturated carbocycles. The number of fused-ring (bicyclic) bond motifs is 1. The van der Waals surface area contributed by atoms with Crippen LogP contribution in [0.15, 0.2) is 61.1 Å². The number of benzene rings is 1. The highest BCUT2D eigenvalue weighted by Crippen LogP contribution is 2.35. The Morgan fingerprint density at radius 2 is 2.07 bits per heavy atom. The largest absolute Gasteiger partial charge is 0.373 e. The Kier molecular flexibility index (Phi) is 4.76. The van der Waals surface area contributed by atoms with Crippen molar-refractivity contribution in [2.75, 3.05) is 11.9 Å². The van der Waals surface area contributed by atoms with E-state index in [9.17, 15) is 4.79 Å². The molecule has 1 amide bonds. The van der Waals surface area contributed by atoms with E-state index in [1.807, 2.05) is 48.1 Å². The first-order chi connectivity index (χ1) is 14.7. The Hall–Kier alpha value is -3.52. The predicted octanol–water partition coefficient (Wildman–Crippen LogP) is 3.00. The van der Waals surface area contributed by atoms with Crippen molar-refractivity contribution in [2.24, 2.45) is 5.92 Å². The van der Waals surface area contributed by atoms with E-state index in [2.05, 4.69) is 32.6 Å². The summed E-state index contributed by atoms with van der Waals surface area (Å²) < 4.78 is 9.45. The third kappa shape index (κ3) is 3.69. The topological polar surface area (TPSA) is 86.3 Å². The van der Waals surface area contributed by atoms with Gasteiger partial charge in [0.15, 0.2) is 5.65 Å². The van der Waals surface area contributed by atoms with Crippen LogP contribution in [0.5, 0.6) is 0 Å². The van der Waals surface area contributed by atoms with E-state index in [0.29, 0.717) is 31.1 Å². The summed E-state index contributed by atoms with van der Waals surface area (Å²) in [5.74, 6) is 0.354. The number of anilines is 1. The monoisotopic (exact) mass is 402 g/mol. The molecule has 8 nitrogen and oxygen atoms in total. The van der Waals surface area contributed by atoms with Gasteiger partial charge in [-0.2, -0.15) is 10.2 Å². The number of pyridine rings is 1. The summed E-state index contributed by atoms with van der Waals surface area (Å²) >= 11 is 0. The van der Waals surface area contributed by atoms with Crippen molar-refractivity contribution >= 4 is 17.2 Å². The normalized spacial score (nSPS) is 18.7. The molecule has 1 fully saturated rings. The van der Waals surface area contributed by atoms with Crippen molar-refractivity contribution in [1.29, 1.82) is 0 Å². The lowest BCUT2D eigenvalue weighted by atomic mass is 9.96. The minimum absolute atomic E-state index is 0.0653. The van der Waals surface area contributed by atoms with E-state index >= 15 is 0 Å². The molecule has 2 atom stereocenters. The molecule has 4 aromatic rings. The van der Waals surface area contributed by atoms with Gasteiger partial charge in [0.25, 0.3) is 0 Å². The number of carbonyl (C=O) groups excluding carboxylic acids is 1. The first kappa shape index (κ1) is 18.5. The van der Waals surface area contributed by atoms with E-state index in [0.717, 1.165) is 11.2 Å². The van der Waals surface area contributed by atoms with Gasteiger partial charge < -0.3 is 10.1 Å². The van der Waals surface area contributed by atoms with E-state index in [1.54, 1.807) is 16.9 Å². The molecule has 0 spiro atoms. The maximum atomic E-state index is 13.0. The first-order valence-electron chi connectivity index (χ1n) is 9.97. The molecular weight excluding hydrogens is 380 g/mol. The second kappa shape index (κ2) is 7.72. The minimum atomic E-state index is -0.299. The summed E-state index contributed by atoms with van der Waals surface area (Å²) in [6.07, 6.45) is 5.91. The molecule has 1 aromatic carbocycles. The molecule has 0 aliphatic carbocycles. The van der Waals surface area contributed by atoms with Gasteiger partial charge in [-0.1, -0.05) is 30.3 Å². The quantitative estimate of drug-likeness (QED) is 0.555. The molecule has 4 heterocycles. The molecule has 1 saturated heterocycles. The van der Waals surface area contributed by atoms with E-state index in [4.69, 9.17) is 4.74 Å². The van der Waals surface area contributed by atoms with Crippen molar-refractivity contribution in [3.05, 3.63) is 78.0 Å². The fraction of sp³-hybridized carbons (Fsp3) is 0.273. The average Bonchev–Trinajstić information content (AvgIpc) is 3.47. The van der Waals surface area contributed by atoms with Gasteiger partial charge in [-0.15, -0.1) is 0 Å². The third-order valence-corrected chi connectivity index (χ3v) is 5.30. The molecule has 0 unspecified atom stereocenters. The zero-order chi connectivity index (χ0) is 20.5. The van der Waals surface area contributed by atoms with Crippen LogP contribution >= 0.6 is 0 Å². The maximum Gasteiger partial charge on any atom is 0.230 e. The second-order valence-corrected chi connectivity index (χ2v) is 7.51. The Balaban J connectivity index is 1.30. The molecule has 5 rings (SSSR count). The SMILES string of the molecule is Cc1nc2ccc(NC(=O)[C@H]3CCO[C@@H]3c3cnn(Cc4ccccc4)c3)cn2n1. The van der Waals surface area contributed by atoms with E-state index < -0.39 is 0 Å². The number of nitrogens with one attached hydrogen (secondary N) is 1. The van der Waals surface area contributed by atoms with Gasteiger partial charge in [0.2, 0.25) is 5.91 Å². The molecule has 0 radical (unpaired) electrons. The molecule has 1 N–H and O–H groups in total. The third-order valence-electron chi connectivity index (χ3n) is 5.30. The lowest BCUT2D eigenvalue weighted by Gasteiger charge is -2.17. The van der Waals surface area contributed by atoms with E-state index in [1.165, 1.54) is 5.56 Å². The summed E-state index contributed by atoms with van der Waals surface area (Å²) in [4.78, 5) is 17.3. The highest BCUT2D eigenvalue weighted by atomic mass is 16.5.